The molecule has 0 amide bonds. The van der Waals surface area contributed by atoms with Crippen LogP contribution in [0.3, 0.4) is 0 Å². The molecule has 2 aromatic heterocycles. The minimum Gasteiger partial charge on any atom is -0.394 e. The normalized spacial score (nSPS) is 10.4. The summed E-state index contributed by atoms with van der Waals surface area (Å²) in [7, 11) is 0. The van der Waals surface area contributed by atoms with Crippen molar-refractivity contribution in [1.82, 2.24) is 10.1 Å². The molecular formula is C7H7N3OS. The third kappa shape index (κ3) is 0.984. The molecule has 0 fully saturated rings. The Morgan fingerprint density at radius 3 is 2.92 bits per heavy atom. The number of thiazole rings is 1. The number of nitrogen functional groups attached to an aromatic ring is 1. The molecule has 5 heteroatoms. The molecule has 0 aliphatic rings. The van der Waals surface area contributed by atoms with E-state index in [1.165, 1.54) is 17.5 Å². The Bertz CT molecular complexity index is 355. The van der Waals surface area contributed by atoms with Gasteiger partial charge >= 0.3 is 0 Å². The topological polar surface area (TPSA) is 64.9 Å². The second-order valence-corrected chi connectivity index (χ2v) is 3.23. The first-order valence-electron chi connectivity index (χ1n) is 3.39. The molecule has 4 nitrogen and oxygen atoms in total. The van der Waals surface area contributed by atoms with Gasteiger partial charge in [-0.2, -0.15) is 0 Å². The van der Waals surface area contributed by atoms with E-state index in [1.54, 1.807) is 5.51 Å². The molecule has 0 unspecified atom stereocenters. The van der Waals surface area contributed by atoms with Crippen molar-refractivity contribution in [2.45, 2.75) is 6.92 Å². The van der Waals surface area contributed by atoms with E-state index < -0.39 is 0 Å². The molecule has 2 rings (SSSR count). The van der Waals surface area contributed by atoms with Crippen LogP contribution in [0.1, 0.15) is 5.69 Å². The van der Waals surface area contributed by atoms with E-state index in [9.17, 15) is 0 Å². The van der Waals surface area contributed by atoms with Crippen LogP contribution in [-0.2, 0) is 0 Å². The molecule has 0 aliphatic carbocycles. The summed E-state index contributed by atoms with van der Waals surface area (Å²) in [6.07, 6.45) is 1.49. The van der Waals surface area contributed by atoms with Gasteiger partial charge in [-0.25, -0.2) is 4.98 Å². The first-order chi connectivity index (χ1) is 5.79. The molecule has 2 heterocycles. The van der Waals surface area contributed by atoms with Gasteiger partial charge in [-0.3, -0.25) is 0 Å². The Balaban J connectivity index is 2.57. The van der Waals surface area contributed by atoms with Gasteiger partial charge in [0.2, 0.25) is 5.76 Å². The molecular weight excluding hydrogens is 174 g/mol. The molecule has 0 spiro atoms. The van der Waals surface area contributed by atoms with Crippen LogP contribution < -0.4 is 5.73 Å². The predicted octanol–water partition coefficient (Wildman–Crippen LogP) is 1.69. The smallest absolute Gasteiger partial charge is 0.201 e. The summed E-state index contributed by atoms with van der Waals surface area (Å²) in [6.45, 7) is 1.91. The fourth-order valence-electron chi connectivity index (χ4n) is 0.940. The number of aromatic nitrogens is 2. The second-order valence-electron chi connectivity index (χ2n) is 2.38. The fourth-order valence-corrected chi connectivity index (χ4v) is 1.74. The van der Waals surface area contributed by atoms with E-state index in [1.807, 2.05) is 6.92 Å². The molecule has 2 N–H and O–H groups in total. The van der Waals surface area contributed by atoms with Crippen molar-refractivity contribution < 1.29 is 4.52 Å². The number of hydrogen-bond donors (Lipinski definition) is 1. The largest absolute Gasteiger partial charge is 0.394 e. The van der Waals surface area contributed by atoms with Crippen molar-refractivity contribution in [3.63, 3.8) is 0 Å². The van der Waals surface area contributed by atoms with Crippen LogP contribution in [0, 0.1) is 6.92 Å². The predicted molar refractivity (Wildman–Crippen MR) is 46.8 cm³/mol. The summed E-state index contributed by atoms with van der Waals surface area (Å²) in [4.78, 5) is 5.04. The lowest BCUT2D eigenvalue weighted by Gasteiger charge is -1.91. The van der Waals surface area contributed by atoms with Crippen molar-refractivity contribution >= 4 is 17.0 Å². The van der Waals surface area contributed by atoms with Crippen molar-refractivity contribution in [3.05, 3.63) is 17.4 Å². The van der Waals surface area contributed by atoms with E-state index in [4.69, 9.17) is 10.3 Å². The zero-order valence-corrected chi connectivity index (χ0v) is 7.26. The van der Waals surface area contributed by atoms with Gasteiger partial charge in [-0.1, -0.05) is 5.16 Å². The van der Waals surface area contributed by atoms with Crippen molar-refractivity contribution in [1.29, 1.82) is 0 Å². The lowest BCUT2D eigenvalue weighted by atomic mass is 10.3. The van der Waals surface area contributed by atoms with Gasteiger partial charge in [0.15, 0.2) is 0 Å². The third-order valence-electron chi connectivity index (χ3n) is 1.55. The molecule has 0 saturated heterocycles. The van der Waals surface area contributed by atoms with E-state index in [0.29, 0.717) is 11.4 Å². The highest BCUT2D eigenvalue weighted by atomic mass is 32.1. The number of rotatable bonds is 1. The van der Waals surface area contributed by atoms with Crippen molar-refractivity contribution in [2.75, 3.05) is 5.73 Å². The van der Waals surface area contributed by atoms with Gasteiger partial charge in [0.05, 0.1) is 22.3 Å². The van der Waals surface area contributed by atoms with Gasteiger partial charge in [0, 0.05) is 0 Å². The van der Waals surface area contributed by atoms with Crippen LogP contribution in [0.25, 0.3) is 10.6 Å². The van der Waals surface area contributed by atoms with E-state index in [2.05, 4.69) is 10.1 Å². The molecule has 0 radical (unpaired) electrons. The number of anilines is 1. The Hall–Kier alpha value is -1.36. The Morgan fingerprint density at radius 2 is 2.42 bits per heavy atom. The summed E-state index contributed by atoms with van der Waals surface area (Å²) in [6, 6.07) is 0. The molecule has 0 aromatic carbocycles. The second kappa shape index (κ2) is 2.60. The van der Waals surface area contributed by atoms with Gasteiger partial charge in [-0.05, 0) is 6.92 Å². The molecule has 0 bridgehead atoms. The fraction of sp³-hybridized carbons (Fsp3) is 0.143. The average Bonchev–Trinajstić information content (AvgIpc) is 2.59. The third-order valence-corrected chi connectivity index (χ3v) is 2.48. The van der Waals surface area contributed by atoms with Crippen molar-refractivity contribution in [3.8, 4) is 10.6 Å². The van der Waals surface area contributed by atoms with Gasteiger partial charge < -0.3 is 10.3 Å². The highest BCUT2D eigenvalue weighted by Gasteiger charge is 2.12. The molecule has 0 aliphatic heterocycles. The van der Waals surface area contributed by atoms with Crippen LogP contribution in [0.2, 0.25) is 0 Å². The van der Waals surface area contributed by atoms with Crippen LogP contribution in [0.15, 0.2) is 16.2 Å². The van der Waals surface area contributed by atoms with E-state index in [-0.39, 0.29) is 0 Å². The standard InChI is InChI=1S/C7H7N3OS/c1-4-7(12-3-9-4)6-5(8)2-10-11-6/h2-3H,8H2,1H3. The van der Waals surface area contributed by atoms with E-state index in [0.717, 1.165) is 10.6 Å². The Kier molecular flexibility index (Phi) is 1.58. The maximum atomic E-state index is 5.62. The number of nitrogens with zero attached hydrogens (tertiary/aromatic N) is 2. The van der Waals surface area contributed by atoms with Crippen LogP contribution >= 0.6 is 11.3 Å². The molecule has 0 saturated carbocycles. The maximum absolute atomic E-state index is 5.62. The first kappa shape index (κ1) is 7.30. The lowest BCUT2D eigenvalue weighted by molar-refractivity contribution is 0.433. The van der Waals surface area contributed by atoms with Crippen LogP contribution in [-0.4, -0.2) is 10.1 Å². The summed E-state index contributed by atoms with van der Waals surface area (Å²) < 4.78 is 4.98. The monoisotopic (exact) mass is 181 g/mol. The average molecular weight is 181 g/mol. The summed E-state index contributed by atoms with van der Waals surface area (Å²) in [5.41, 5.74) is 8.86. The highest BCUT2D eigenvalue weighted by molar-refractivity contribution is 7.13. The highest BCUT2D eigenvalue weighted by Crippen LogP contribution is 2.30. The Morgan fingerprint density at radius 1 is 1.58 bits per heavy atom. The SMILES string of the molecule is Cc1ncsc1-c1oncc1N. The summed E-state index contributed by atoms with van der Waals surface area (Å²) in [5, 5.41) is 3.60. The van der Waals surface area contributed by atoms with Gasteiger partial charge in [0.25, 0.3) is 0 Å². The maximum Gasteiger partial charge on any atom is 0.201 e. The Labute approximate surface area is 73.0 Å². The minimum absolute atomic E-state index is 0.558. The zero-order chi connectivity index (χ0) is 8.55. The van der Waals surface area contributed by atoms with Crippen molar-refractivity contribution in [2.24, 2.45) is 0 Å². The first-order valence-corrected chi connectivity index (χ1v) is 4.27. The summed E-state index contributed by atoms with van der Waals surface area (Å²) >= 11 is 1.50. The molecule has 12 heavy (non-hydrogen) atoms. The lowest BCUT2D eigenvalue weighted by Crippen LogP contribution is -1.84. The number of hydrogen-bond acceptors (Lipinski definition) is 5. The van der Waals surface area contributed by atoms with Gasteiger partial charge in [-0.15, -0.1) is 11.3 Å². The van der Waals surface area contributed by atoms with Crippen LogP contribution in [0.5, 0.6) is 0 Å². The molecule has 0 atom stereocenters. The van der Waals surface area contributed by atoms with Crippen LogP contribution in [0.4, 0.5) is 5.69 Å². The number of nitrogens with two attached hydrogens (primary N) is 1. The molecule has 62 valence electrons. The minimum atomic E-state index is 0.558. The quantitative estimate of drug-likeness (QED) is 0.727. The summed E-state index contributed by atoms with van der Waals surface area (Å²) in [5.74, 6) is 0.620. The molecule has 2 aromatic rings. The van der Waals surface area contributed by atoms with E-state index >= 15 is 0 Å². The zero-order valence-electron chi connectivity index (χ0n) is 6.44. The number of aryl methyl sites for hydroxylation is 1. The van der Waals surface area contributed by atoms with Gasteiger partial charge in [0.1, 0.15) is 5.69 Å².